The fourth-order valence-electron chi connectivity index (χ4n) is 2.54. The molecule has 0 fully saturated rings. The summed E-state index contributed by atoms with van der Waals surface area (Å²) in [5, 5.41) is 2.74. The van der Waals surface area contributed by atoms with Crippen LogP contribution in [-0.4, -0.2) is 20.6 Å². The Bertz CT molecular complexity index is 1110. The summed E-state index contributed by atoms with van der Waals surface area (Å²) in [7, 11) is -3.96. The third kappa shape index (κ3) is 4.39. The Morgan fingerprint density at radius 2 is 1.61 bits per heavy atom. The molecule has 142 valence electrons. The number of anilines is 2. The van der Waals surface area contributed by atoms with Crippen LogP contribution in [-0.2, 0) is 14.8 Å². The van der Waals surface area contributed by atoms with E-state index in [4.69, 9.17) is 11.6 Å². The number of halogens is 1. The fraction of sp³-hybridized carbons (Fsp3) is 0. The van der Waals surface area contributed by atoms with Gasteiger partial charge < -0.3 is 5.32 Å². The summed E-state index contributed by atoms with van der Waals surface area (Å²) in [5.41, 5.74) is 1.13. The van der Waals surface area contributed by atoms with E-state index in [0.717, 1.165) is 0 Å². The number of amides is 1. The SMILES string of the molecule is O=CNc1ccc(S(=O)(=O)Nc2ccc(Cl)cc2C(=O)c2ccccc2)cc1. The molecule has 0 bridgehead atoms. The van der Waals surface area contributed by atoms with Gasteiger partial charge in [-0.25, -0.2) is 8.42 Å². The molecule has 0 spiro atoms. The fourth-order valence-corrected chi connectivity index (χ4v) is 3.79. The summed E-state index contributed by atoms with van der Waals surface area (Å²) in [5.74, 6) is -0.355. The van der Waals surface area contributed by atoms with E-state index in [1.165, 1.54) is 42.5 Å². The van der Waals surface area contributed by atoms with Crippen LogP contribution < -0.4 is 10.0 Å². The molecule has 2 N–H and O–H groups in total. The number of rotatable bonds is 7. The molecule has 0 saturated heterocycles. The van der Waals surface area contributed by atoms with Crippen molar-refractivity contribution in [3.05, 3.63) is 88.9 Å². The number of carbonyl (C=O) groups is 2. The average molecular weight is 415 g/mol. The van der Waals surface area contributed by atoms with Crippen molar-refractivity contribution in [3.63, 3.8) is 0 Å². The largest absolute Gasteiger partial charge is 0.329 e. The third-order valence-electron chi connectivity index (χ3n) is 3.90. The maximum atomic E-state index is 12.8. The topological polar surface area (TPSA) is 92.3 Å². The van der Waals surface area contributed by atoms with E-state index in [1.54, 1.807) is 30.3 Å². The van der Waals surface area contributed by atoms with Gasteiger partial charge in [-0.3, -0.25) is 14.3 Å². The first kappa shape index (κ1) is 19.6. The number of hydrogen-bond acceptors (Lipinski definition) is 4. The predicted octanol–water partition coefficient (Wildman–Crippen LogP) is 3.94. The van der Waals surface area contributed by atoms with Crippen molar-refractivity contribution in [2.24, 2.45) is 0 Å². The molecule has 0 heterocycles. The summed E-state index contributed by atoms with van der Waals surface area (Å²) in [6.45, 7) is 0. The Balaban J connectivity index is 1.95. The Labute approximate surface area is 167 Å². The Morgan fingerprint density at radius 3 is 2.25 bits per heavy atom. The first-order valence-electron chi connectivity index (χ1n) is 8.13. The van der Waals surface area contributed by atoms with Crippen LogP contribution in [0.25, 0.3) is 0 Å². The molecule has 0 aliphatic rings. The molecule has 0 aromatic heterocycles. The number of nitrogens with one attached hydrogen (secondary N) is 2. The maximum Gasteiger partial charge on any atom is 0.261 e. The van der Waals surface area contributed by atoms with Crippen LogP contribution in [0.15, 0.2) is 77.7 Å². The van der Waals surface area contributed by atoms with Crippen molar-refractivity contribution in [3.8, 4) is 0 Å². The lowest BCUT2D eigenvalue weighted by Crippen LogP contribution is -2.16. The van der Waals surface area contributed by atoms with Crippen LogP contribution in [0.4, 0.5) is 11.4 Å². The van der Waals surface area contributed by atoms with E-state index in [9.17, 15) is 18.0 Å². The molecule has 3 aromatic carbocycles. The van der Waals surface area contributed by atoms with E-state index in [2.05, 4.69) is 10.0 Å². The van der Waals surface area contributed by atoms with Gasteiger partial charge in [-0.2, -0.15) is 0 Å². The molecule has 8 heteroatoms. The molecule has 0 unspecified atom stereocenters. The van der Waals surface area contributed by atoms with E-state index in [0.29, 0.717) is 22.7 Å². The molecule has 0 radical (unpaired) electrons. The summed E-state index contributed by atoms with van der Waals surface area (Å²) in [4.78, 5) is 23.3. The highest BCUT2D eigenvalue weighted by Crippen LogP contribution is 2.26. The highest BCUT2D eigenvalue weighted by atomic mass is 35.5. The first-order valence-corrected chi connectivity index (χ1v) is 9.99. The van der Waals surface area contributed by atoms with Gasteiger partial charge in [0.05, 0.1) is 10.6 Å². The highest BCUT2D eigenvalue weighted by molar-refractivity contribution is 7.92. The third-order valence-corrected chi connectivity index (χ3v) is 5.51. The van der Waals surface area contributed by atoms with E-state index in [1.807, 2.05) is 0 Å². The molecule has 3 aromatic rings. The summed E-state index contributed by atoms with van der Waals surface area (Å²) < 4.78 is 27.9. The van der Waals surface area contributed by atoms with Gasteiger partial charge in [0.15, 0.2) is 5.78 Å². The molecular weight excluding hydrogens is 400 g/mol. The minimum atomic E-state index is -3.96. The lowest BCUT2D eigenvalue weighted by Gasteiger charge is -2.13. The van der Waals surface area contributed by atoms with Crippen molar-refractivity contribution in [1.29, 1.82) is 0 Å². The van der Waals surface area contributed by atoms with Crippen LogP contribution in [0.2, 0.25) is 5.02 Å². The van der Waals surface area contributed by atoms with Crippen molar-refractivity contribution in [2.75, 3.05) is 10.0 Å². The smallest absolute Gasteiger partial charge is 0.261 e. The van der Waals surface area contributed by atoms with Crippen LogP contribution in [0.5, 0.6) is 0 Å². The zero-order valence-corrected chi connectivity index (χ0v) is 16.0. The zero-order chi connectivity index (χ0) is 20.1. The lowest BCUT2D eigenvalue weighted by atomic mass is 10.0. The standard InChI is InChI=1S/C20H15ClN2O4S/c21-15-6-11-19(18(12-15)20(25)14-4-2-1-3-5-14)23-28(26,27)17-9-7-16(8-10-17)22-13-24/h1-13,23H,(H,22,24). The van der Waals surface area contributed by atoms with Gasteiger partial charge in [0, 0.05) is 21.8 Å². The van der Waals surface area contributed by atoms with Crippen LogP contribution in [0.1, 0.15) is 15.9 Å². The molecule has 28 heavy (non-hydrogen) atoms. The quantitative estimate of drug-likeness (QED) is 0.452. The monoisotopic (exact) mass is 414 g/mol. The van der Waals surface area contributed by atoms with Crippen LogP contribution in [0.3, 0.4) is 0 Å². The van der Waals surface area contributed by atoms with Gasteiger partial charge in [0.1, 0.15) is 0 Å². The molecule has 0 aliphatic heterocycles. The first-order chi connectivity index (χ1) is 13.4. The van der Waals surface area contributed by atoms with E-state index >= 15 is 0 Å². The van der Waals surface area contributed by atoms with Crippen molar-refractivity contribution >= 4 is 45.2 Å². The van der Waals surface area contributed by atoms with Gasteiger partial charge in [-0.05, 0) is 42.5 Å². The normalized spacial score (nSPS) is 10.9. The van der Waals surface area contributed by atoms with Gasteiger partial charge in [0.25, 0.3) is 10.0 Å². The predicted molar refractivity (Wildman–Crippen MR) is 108 cm³/mol. The maximum absolute atomic E-state index is 12.8. The van der Waals surface area contributed by atoms with E-state index < -0.39 is 10.0 Å². The molecule has 0 saturated carbocycles. The number of ketones is 1. The number of sulfonamides is 1. The second-order valence-electron chi connectivity index (χ2n) is 5.78. The average Bonchev–Trinajstić information content (AvgIpc) is 2.70. The van der Waals surface area contributed by atoms with Gasteiger partial charge in [-0.15, -0.1) is 0 Å². The summed E-state index contributed by atoms with van der Waals surface area (Å²) >= 11 is 6.02. The molecule has 0 atom stereocenters. The highest BCUT2D eigenvalue weighted by Gasteiger charge is 2.20. The second kappa shape index (κ2) is 8.24. The molecule has 3 rings (SSSR count). The zero-order valence-electron chi connectivity index (χ0n) is 14.4. The Hall–Kier alpha value is -3.16. The molecule has 1 amide bonds. The van der Waals surface area contributed by atoms with Gasteiger partial charge in [0.2, 0.25) is 6.41 Å². The van der Waals surface area contributed by atoms with Crippen molar-refractivity contribution < 1.29 is 18.0 Å². The van der Waals surface area contributed by atoms with Gasteiger partial charge >= 0.3 is 0 Å². The molecular formula is C20H15ClN2O4S. The summed E-state index contributed by atoms with van der Waals surface area (Å²) in [6, 6.07) is 18.5. The molecule has 0 aliphatic carbocycles. The van der Waals surface area contributed by atoms with Crippen molar-refractivity contribution in [2.45, 2.75) is 4.90 Å². The Morgan fingerprint density at radius 1 is 0.929 bits per heavy atom. The number of hydrogen-bond donors (Lipinski definition) is 2. The summed E-state index contributed by atoms with van der Waals surface area (Å²) in [6.07, 6.45) is 0.497. The minimum Gasteiger partial charge on any atom is -0.329 e. The number of carbonyl (C=O) groups excluding carboxylic acids is 2. The van der Waals surface area contributed by atoms with E-state index in [-0.39, 0.29) is 21.9 Å². The molecule has 6 nitrogen and oxygen atoms in total. The van der Waals surface area contributed by atoms with Gasteiger partial charge in [-0.1, -0.05) is 41.9 Å². The van der Waals surface area contributed by atoms with Crippen molar-refractivity contribution in [1.82, 2.24) is 0 Å². The Kier molecular flexibility index (Phi) is 5.77. The second-order valence-corrected chi connectivity index (χ2v) is 7.90. The lowest BCUT2D eigenvalue weighted by molar-refractivity contribution is -0.105. The van der Waals surface area contributed by atoms with Crippen LogP contribution >= 0.6 is 11.6 Å². The minimum absolute atomic E-state index is 0.0167. The van der Waals surface area contributed by atoms with Crippen LogP contribution in [0, 0.1) is 0 Å². The number of benzene rings is 3.